The Bertz CT molecular complexity index is 812. The van der Waals surface area contributed by atoms with E-state index < -0.39 is 0 Å². The number of allylic oxidation sites excluding steroid dienone is 1. The fraction of sp³-hybridized carbons (Fsp3) is 0.348. The van der Waals surface area contributed by atoms with Crippen LogP contribution in [0.4, 0.5) is 5.69 Å². The largest absolute Gasteiger partial charge is 0.326 e. The third-order valence-corrected chi connectivity index (χ3v) is 5.81. The van der Waals surface area contributed by atoms with Gasteiger partial charge >= 0.3 is 0 Å². The van der Waals surface area contributed by atoms with Gasteiger partial charge in [-0.2, -0.15) is 0 Å². The van der Waals surface area contributed by atoms with Crippen molar-refractivity contribution in [2.75, 3.05) is 5.32 Å². The number of carbonyl (C=O) groups is 1. The minimum atomic E-state index is 0.106. The molecule has 3 heteroatoms. The Morgan fingerprint density at radius 2 is 2.08 bits per heavy atom. The van der Waals surface area contributed by atoms with Crippen molar-refractivity contribution in [1.82, 2.24) is 0 Å². The van der Waals surface area contributed by atoms with E-state index in [1.54, 1.807) is 0 Å². The Balaban J connectivity index is 1.54. The van der Waals surface area contributed by atoms with Crippen molar-refractivity contribution >= 4 is 33.6 Å². The molecule has 0 spiro atoms. The highest BCUT2D eigenvalue weighted by atomic mass is 79.9. The Hall–Kier alpha value is -1.87. The van der Waals surface area contributed by atoms with Crippen LogP contribution >= 0.6 is 15.9 Å². The summed E-state index contributed by atoms with van der Waals surface area (Å²) in [6.07, 6.45) is 7.98. The van der Waals surface area contributed by atoms with Gasteiger partial charge < -0.3 is 5.32 Å². The first-order valence-electron chi connectivity index (χ1n) is 9.41. The fourth-order valence-electron chi connectivity index (χ4n) is 3.59. The lowest BCUT2D eigenvalue weighted by Crippen LogP contribution is -2.19. The molecule has 136 valence electrons. The minimum absolute atomic E-state index is 0.106. The van der Waals surface area contributed by atoms with Crippen LogP contribution in [0, 0.1) is 11.8 Å². The molecule has 1 N–H and O–H groups in total. The Labute approximate surface area is 164 Å². The monoisotopic (exact) mass is 411 g/mol. The van der Waals surface area contributed by atoms with Crippen LogP contribution in [-0.4, -0.2) is 5.91 Å². The first-order valence-corrected chi connectivity index (χ1v) is 10.2. The molecule has 1 aliphatic carbocycles. The summed E-state index contributed by atoms with van der Waals surface area (Å²) in [6.45, 7) is 4.36. The molecule has 0 fully saturated rings. The lowest BCUT2D eigenvalue weighted by atomic mass is 9.80. The number of hydrogen-bond donors (Lipinski definition) is 1. The van der Waals surface area contributed by atoms with E-state index in [1.807, 2.05) is 12.1 Å². The lowest BCUT2D eigenvalue weighted by Gasteiger charge is -2.25. The molecule has 0 aromatic heterocycles. The van der Waals surface area contributed by atoms with Crippen LogP contribution in [0.15, 0.2) is 53.0 Å². The van der Waals surface area contributed by atoms with Gasteiger partial charge in [0.2, 0.25) is 5.91 Å². The molecule has 26 heavy (non-hydrogen) atoms. The molecule has 2 aromatic carbocycles. The van der Waals surface area contributed by atoms with Gasteiger partial charge in [-0.1, -0.05) is 66.2 Å². The Morgan fingerprint density at radius 3 is 2.88 bits per heavy atom. The van der Waals surface area contributed by atoms with Gasteiger partial charge in [0.25, 0.3) is 0 Å². The van der Waals surface area contributed by atoms with Gasteiger partial charge in [0.1, 0.15) is 0 Å². The number of benzene rings is 2. The predicted octanol–water partition coefficient (Wildman–Crippen LogP) is 6.25. The van der Waals surface area contributed by atoms with Crippen LogP contribution in [-0.2, 0) is 17.6 Å². The molecule has 0 bridgehead atoms. The summed E-state index contributed by atoms with van der Waals surface area (Å²) in [5, 5.41) is 3.08. The topological polar surface area (TPSA) is 29.1 Å². The summed E-state index contributed by atoms with van der Waals surface area (Å²) in [5.74, 6) is 1.10. The zero-order chi connectivity index (χ0) is 18.5. The first-order chi connectivity index (χ1) is 12.6. The summed E-state index contributed by atoms with van der Waals surface area (Å²) in [6, 6.07) is 14.6. The molecule has 0 saturated heterocycles. The van der Waals surface area contributed by atoms with E-state index in [0.29, 0.717) is 18.3 Å². The maximum atomic E-state index is 12.4. The van der Waals surface area contributed by atoms with Crippen molar-refractivity contribution in [1.29, 1.82) is 0 Å². The van der Waals surface area contributed by atoms with E-state index in [2.05, 4.69) is 77.6 Å². The number of anilines is 1. The average molecular weight is 412 g/mol. The first kappa shape index (κ1) is 18.9. The molecule has 1 amide bonds. The number of rotatable bonds is 6. The van der Waals surface area contributed by atoms with E-state index in [0.717, 1.165) is 35.0 Å². The number of hydrogen-bond acceptors (Lipinski definition) is 1. The SMILES string of the molecule is CCc1cc(Br)ccc1NC(=O)CCC(C)C1C=Cc2ccccc2C1. The van der Waals surface area contributed by atoms with Crippen LogP contribution in [0.5, 0.6) is 0 Å². The zero-order valence-electron chi connectivity index (χ0n) is 15.5. The quantitative estimate of drug-likeness (QED) is 0.597. The van der Waals surface area contributed by atoms with Gasteiger partial charge in [-0.15, -0.1) is 0 Å². The molecule has 2 unspecified atom stereocenters. The maximum Gasteiger partial charge on any atom is 0.224 e. The van der Waals surface area contributed by atoms with Gasteiger partial charge in [0.15, 0.2) is 0 Å². The van der Waals surface area contributed by atoms with Crippen LogP contribution in [0.25, 0.3) is 6.08 Å². The van der Waals surface area contributed by atoms with E-state index >= 15 is 0 Å². The van der Waals surface area contributed by atoms with Crippen molar-refractivity contribution in [3.8, 4) is 0 Å². The Kier molecular flexibility index (Phi) is 6.31. The number of carbonyl (C=O) groups excluding carboxylic acids is 1. The number of halogens is 1. The second-order valence-corrected chi connectivity index (χ2v) is 8.06. The van der Waals surface area contributed by atoms with Gasteiger partial charge in [-0.3, -0.25) is 4.79 Å². The second-order valence-electron chi connectivity index (χ2n) is 7.15. The third-order valence-electron chi connectivity index (χ3n) is 5.31. The highest BCUT2D eigenvalue weighted by Crippen LogP contribution is 2.30. The summed E-state index contributed by atoms with van der Waals surface area (Å²) in [7, 11) is 0. The van der Waals surface area contributed by atoms with Crippen molar-refractivity contribution in [3.63, 3.8) is 0 Å². The van der Waals surface area contributed by atoms with Gasteiger partial charge in [0, 0.05) is 16.6 Å². The van der Waals surface area contributed by atoms with Crippen molar-refractivity contribution in [3.05, 3.63) is 69.7 Å². The molecule has 0 saturated carbocycles. The predicted molar refractivity (Wildman–Crippen MR) is 113 cm³/mol. The highest BCUT2D eigenvalue weighted by Gasteiger charge is 2.20. The van der Waals surface area contributed by atoms with E-state index in [4.69, 9.17) is 0 Å². The van der Waals surface area contributed by atoms with Gasteiger partial charge in [-0.05, 0) is 66.0 Å². The average Bonchev–Trinajstić information content (AvgIpc) is 2.67. The van der Waals surface area contributed by atoms with E-state index in [-0.39, 0.29) is 5.91 Å². The molecule has 0 aliphatic heterocycles. The van der Waals surface area contributed by atoms with E-state index in [9.17, 15) is 4.79 Å². The number of amides is 1. The molecule has 0 radical (unpaired) electrons. The standard InChI is InChI=1S/C23H26BrNO/c1-3-17-15-21(24)11-12-22(17)25-23(26)13-8-16(2)19-10-9-18-6-4-5-7-20(18)14-19/h4-7,9-12,15-16,19H,3,8,13-14H2,1-2H3,(H,25,26). The van der Waals surface area contributed by atoms with E-state index in [1.165, 1.54) is 11.1 Å². The lowest BCUT2D eigenvalue weighted by molar-refractivity contribution is -0.116. The number of aryl methyl sites for hydroxylation is 1. The number of fused-ring (bicyclic) bond motifs is 1. The Morgan fingerprint density at radius 1 is 1.27 bits per heavy atom. The molecular weight excluding hydrogens is 386 g/mol. The minimum Gasteiger partial charge on any atom is -0.326 e. The highest BCUT2D eigenvalue weighted by molar-refractivity contribution is 9.10. The van der Waals surface area contributed by atoms with Gasteiger partial charge in [0.05, 0.1) is 0 Å². The number of nitrogens with one attached hydrogen (secondary N) is 1. The van der Waals surface area contributed by atoms with Crippen LogP contribution in [0.3, 0.4) is 0 Å². The fourth-order valence-corrected chi connectivity index (χ4v) is 3.99. The van der Waals surface area contributed by atoms with Gasteiger partial charge in [-0.25, -0.2) is 0 Å². The summed E-state index contributed by atoms with van der Waals surface area (Å²) in [4.78, 5) is 12.4. The summed E-state index contributed by atoms with van der Waals surface area (Å²) >= 11 is 3.49. The van der Waals surface area contributed by atoms with Crippen molar-refractivity contribution in [2.45, 2.75) is 39.5 Å². The van der Waals surface area contributed by atoms with Crippen molar-refractivity contribution in [2.24, 2.45) is 11.8 Å². The molecule has 1 aliphatic rings. The molecule has 2 atom stereocenters. The molecule has 0 heterocycles. The maximum absolute atomic E-state index is 12.4. The second kappa shape index (κ2) is 8.68. The smallest absolute Gasteiger partial charge is 0.224 e. The third kappa shape index (κ3) is 4.64. The van der Waals surface area contributed by atoms with Crippen LogP contribution < -0.4 is 5.32 Å². The normalized spacial score (nSPS) is 16.8. The molecule has 2 nitrogen and oxygen atoms in total. The molecular formula is C23H26BrNO. The zero-order valence-corrected chi connectivity index (χ0v) is 17.1. The molecule has 2 aromatic rings. The molecule has 3 rings (SSSR count). The summed E-state index contributed by atoms with van der Waals surface area (Å²) in [5.41, 5.74) is 4.84. The van der Waals surface area contributed by atoms with Crippen molar-refractivity contribution < 1.29 is 4.79 Å². The van der Waals surface area contributed by atoms with Crippen LogP contribution in [0.1, 0.15) is 43.4 Å². The summed E-state index contributed by atoms with van der Waals surface area (Å²) < 4.78 is 1.05. The van der Waals surface area contributed by atoms with Crippen LogP contribution in [0.2, 0.25) is 0 Å².